The molecule has 0 saturated heterocycles. The van der Waals surface area contributed by atoms with Gasteiger partial charge in [-0.1, -0.05) is 160 Å². The maximum absolute atomic E-state index is 12.6. The first-order valence-corrected chi connectivity index (χ1v) is 23.8. The van der Waals surface area contributed by atoms with Crippen LogP contribution >= 0.6 is 7.82 Å². The van der Waals surface area contributed by atoms with E-state index in [2.05, 4.69) is 38.2 Å². The van der Waals surface area contributed by atoms with E-state index in [4.69, 9.17) is 23.6 Å². The van der Waals surface area contributed by atoms with Crippen molar-refractivity contribution in [1.29, 1.82) is 0 Å². The van der Waals surface area contributed by atoms with Crippen LogP contribution in [0.3, 0.4) is 0 Å². The predicted octanol–water partition coefficient (Wildman–Crippen LogP) is 12.3. The van der Waals surface area contributed by atoms with Crippen LogP contribution in [-0.2, 0) is 27.9 Å². The van der Waals surface area contributed by atoms with Crippen LogP contribution in [0.4, 0.5) is 0 Å². The smallest absolute Gasteiger partial charge is 0.457 e. The Hall–Kier alpha value is -1.06. The molecule has 0 heterocycles. The van der Waals surface area contributed by atoms with Gasteiger partial charge >= 0.3 is 13.8 Å². The lowest BCUT2D eigenvalue weighted by Gasteiger charge is -2.20. The molecule has 0 aromatic rings. The van der Waals surface area contributed by atoms with Gasteiger partial charge in [-0.15, -0.1) is 0 Å². The highest BCUT2D eigenvalue weighted by molar-refractivity contribution is 7.47. The third kappa shape index (κ3) is 40.6. The fourth-order valence-corrected chi connectivity index (χ4v) is 6.96. The Morgan fingerprint density at radius 2 is 0.944 bits per heavy atom. The normalized spacial score (nSPS) is 14.2. The van der Waals surface area contributed by atoms with Crippen molar-refractivity contribution < 1.29 is 43.0 Å². The summed E-state index contributed by atoms with van der Waals surface area (Å²) < 4.78 is 33.4. The number of hydrogen-bond donors (Lipinski definition) is 3. The van der Waals surface area contributed by atoms with Crippen LogP contribution in [-0.4, -0.2) is 66.3 Å². The molecule has 0 bridgehead atoms. The van der Waals surface area contributed by atoms with Crippen LogP contribution in [0.15, 0.2) is 24.3 Å². The van der Waals surface area contributed by atoms with Gasteiger partial charge in [0.05, 0.1) is 26.4 Å². The second kappa shape index (κ2) is 41.6. The van der Waals surface area contributed by atoms with Crippen molar-refractivity contribution in [2.75, 3.05) is 33.0 Å². The summed E-state index contributed by atoms with van der Waals surface area (Å²) in [6.45, 7) is 3.51. The molecule has 0 aliphatic heterocycles. The largest absolute Gasteiger partial charge is 0.472 e. The standard InChI is InChI=1S/C44H85O9P/c1-3-5-7-9-11-13-15-17-19-20-21-22-23-25-27-29-31-33-35-37-50-40-43(41-52-54(48,49)51-39-42(46)38-45)53-44(47)36-34-32-30-28-26-24-18-16-14-12-10-8-6-4-2/h16,18-20,42-43,45-46H,3-15,17,21-41H2,1-2H3,(H,48,49)/b18-16-,20-19-. The van der Waals surface area contributed by atoms with Crippen LogP contribution in [0.25, 0.3) is 0 Å². The molecule has 9 nitrogen and oxygen atoms in total. The fourth-order valence-electron chi connectivity index (χ4n) is 6.17. The third-order valence-corrected chi connectivity index (χ3v) is 10.6. The minimum absolute atomic E-state index is 0.0464. The van der Waals surface area contributed by atoms with Crippen molar-refractivity contribution in [3.8, 4) is 0 Å². The van der Waals surface area contributed by atoms with E-state index >= 15 is 0 Å². The Balaban J connectivity index is 4.14. The first-order chi connectivity index (χ1) is 26.3. The Labute approximate surface area is 332 Å². The van der Waals surface area contributed by atoms with E-state index in [0.29, 0.717) is 6.61 Å². The molecule has 320 valence electrons. The SMILES string of the molecule is CCCCCCC/C=C\CCCCCCCC(=O)OC(COCCCCCCCCCC/C=C\CCCCCCCCC)COP(=O)(O)OCC(O)CO. The van der Waals surface area contributed by atoms with Gasteiger partial charge < -0.3 is 24.6 Å². The van der Waals surface area contributed by atoms with Crippen molar-refractivity contribution >= 4 is 13.8 Å². The van der Waals surface area contributed by atoms with Gasteiger partial charge in [-0.2, -0.15) is 0 Å². The third-order valence-electron chi connectivity index (χ3n) is 9.61. The van der Waals surface area contributed by atoms with E-state index in [1.807, 2.05) is 0 Å². The molecular weight excluding hydrogens is 703 g/mol. The van der Waals surface area contributed by atoms with Gasteiger partial charge in [0.15, 0.2) is 0 Å². The first-order valence-electron chi connectivity index (χ1n) is 22.3. The zero-order valence-corrected chi connectivity index (χ0v) is 35.8. The number of unbranched alkanes of at least 4 members (excludes halogenated alkanes) is 25. The zero-order valence-electron chi connectivity index (χ0n) is 35.0. The summed E-state index contributed by atoms with van der Waals surface area (Å²) in [7, 11) is -4.52. The number of carbonyl (C=O) groups excluding carboxylic acids is 1. The molecule has 0 saturated carbocycles. The molecule has 0 aromatic heterocycles. The lowest BCUT2D eigenvalue weighted by Crippen LogP contribution is -2.29. The van der Waals surface area contributed by atoms with Crippen molar-refractivity contribution in [3.63, 3.8) is 0 Å². The number of hydrogen-bond acceptors (Lipinski definition) is 8. The summed E-state index contributed by atoms with van der Waals surface area (Å²) in [6, 6.07) is 0. The average molecular weight is 789 g/mol. The molecule has 3 N–H and O–H groups in total. The Morgan fingerprint density at radius 1 is 0.556 bits per heavy atom. The molecule has 0 rings (SSSR count). The topological polar surface area (TPSA) is 132 Å². The van der Waals surface area contributed by atoms with Crippen molar-refractivity contribution in [1.82, 2.24) is 0 Å². The van der Waals surface area contributed by atoms with Gasteiger partial charge in [-0.3, -0.25) is 13.8 Å². The molecule has 0 aliphatic carbocycles. The summed E-state index contributed by atoms with van der Waals surface area (Å²) in [5.74, 6) is -0.391. The molecule has 3 unspecified atom stereocenters. The molecular formula is C44H85O9P. The number of phosphoric ester groups is 1. The maximum atomic E-state index is 12.6. The molecule has 54 heavy (non-hydrogen) atoms. The lowest BCUT2D eigenvalue weighted by molar-refractivity contribution is -0.154. The van der Waals surface area contributed by atoms with E-state index in [1.54, 1.807) is 0 Å². The molecule has 10 heteroatoms. The highest BCUT2D eigenvalue weighted by atomic mass is 31.2. The summed E-state index contributed by atoms with van der Waals surface area (Å²) >= 11 is 0. The highest BCUT2D eigenvalue weighted by Gasteiger charge is 2.26. The Bertz CT molecular complexity index is 897. The van der Waals surface area contributed by atoms with Crippen LogP contribution in [0, 0.1) is 0 Å². The fraction of sp³-hybridized carbons (Fsp3) is 0.886. The van der Waals surface area contributed by atoms with Crippen LogP contribution < -0.4 is 0 Å². The van der Waals surface area contributed by atoms with E-state index in [-0.39, 0.29) is 19.6 Å². The molecule has 0 aromatic carbocycles. The van der Waals surface area contributed by atoms with E-state index < -0.39 is 39.2 Å². The van der Waals surface area contributed by atoms with E-state index in [1.165, 1.54) is 128 Å². The Morgan fingerprint density at radius 3 is 1.39 bits per heavy atom. The van der Waals surface area contributed by atoms with Crippen molar-refractivity contribution in [2.24, 2.45) is 0 Å². The van der Waals surface area contributed by atoms with Gasteiger partial charge in [-0.05, 0) is 64.2 Å². The summed E-state index contributed by atoms with van der Waals surface area (Å²) in [6.07, 6.45) is 42.8. The number of phosphoric acid groups is 1. The van der Waals surface area contributed by atoms with Gasteiger partial charge in [0.25, 0.3) is 0 Å². The Kier molecular flexibility index (Phi) is 40.8. The van der Waals surface area contributed by atoms with Crippen molar-refractivity contribution in [2.45, 2.75) is 219 Å². The van der Waals surface area contributed by atoms with Crippen LogP contribution in [0.1, 0.15) is 206 Å². The average Bonchev–Trinajstić information content (AvgIpc) is 3.16. The number of allylic oxidation sites excluding steroid dienone is 4. The van der Waals surface area contributed by atoms with Gasteiger partial charge in [0.1, 0.15) is 12.2 Å². The zero-order chi connectivity index (χ0) is 39.6. The predicted molar refractivity (Wildman–Crippen MR) is 224 cm³/mol. The molecule has 0 radical (unpaired) electrons. The highest BCUT2D eigenvalue weighted by Crippen LogP contribution is 2.43. The maximum Gasteiger partial charge on any atom is 0.472 e. The quantitative estimate of drug-likeness (QED) is 0.0239. The molecule has 3 atom stereocenters. The molecule has 0 spiro atoms. The van der Waals surface area contributed by atoms with Crippen LogP contribution in [0.5, 0.6) is 0 Å². The molecule has 0 amide bonds. The minimum atomic E-state index is -4.52. The van der Waals surface area contributed by atoms with Gasteiger partial charge in [-0.25, -0.2) is 4.57 Å². The van der Waals surface area contributed by atoms with Crippen molar-refractivity contribution in [3.05, 3.63) is 24.3 Å². The summed E-state index contributed by atoms with van der Waals surface area (Å²) in [4.78, 5) is 22.6. The number of ether oxygens (including phenoxy) is 2. The monoisotopic (exact) mass is 789 g/mol. The molecule has 0 fully saturated rings. The minimum Gasteiger partial charge on any atom is -0.457 e. The summed E-state index contributed by atoms with van der Waals surface area (Å²) in [5, 5.41) is 18.3. The number of rotatable bonds is 43. The van der Waals surface area contributed by atoms with E-state index in [0.717, 1.165) is 57.8 Å². The number of esters is 1. The summed E-state index contributed by atoms with van der Waals surface area (Å²) in [5.41, 5.74) is 0. The van der Waals surface area contributed by atoms with Gasteiger partial charge in [0.2, 0.25) is 0 Å². The van der Waals surface area contributed by atoms with E-state index in [9.17, 15) is 19.4 Å². The lowest BCUT2D eigenvalue weighted by atomic mass is 10.1. The first kappa shape index (κ1) is 52.9. The van der Waals surface area contributed by atoms with Gasteiger partial charge in [0, 0.05) is 13.0 Å². The number of aliphatic hydroxyl groups excluding tert-OH is 2. The molecule has 0 aliphatic rings. The number of aliphatic hydroxyl groups is 2. The van der Waals surface area contributed by atoms with Crippen LogP contribution in [0.2, 0.25) is 0 Å². The second-order valence-corrected chi connectivity index (χ2v) is 16.5. The second-order valence-electron chi connectivity index (χ2n) is 15.1. The number of carbonyl (C=O) groups is 1.